The van der Waals surface area contributed by atoms with Crippen LogP contribution in [0.4, 0.5) is 0 Å². The second kappa shape index (κ2) is 9.00. The van der Waals surface area contributed by atoms with E-state index >= 15 is 0 Å². The van der Waals surface area contributed by atoms with Crippen molar-refractivity contribution in [2.45, 2.75) is 12.8 Å². The summed E-state index contributed by atoms with van der Waals surface area (Å²) >= 11 is 0. The van der Waals surface area contributed by atoms with Crippen molar-refractivity contribution in [3.63, 3.8) is 0 Å². The molecule has 116 valence electrons. The van der Waals surface area contributed by atoms with E-state index in [4.69, 9.17) is 4.74 Å². The van der Waals surface area contributed by atoms with Gasteiger partial charge >= 0.3 is 5.97 Å². The van der Waals surface area contributed by atoms with Gasteiger partial charge in [0.05, 0.1) is 5.56 Å². The van der Waals surface area contributed by atoms with E-state index in [2.05, 4.69) is 36.2 Å². The van der Waals surface area contributed by atoms with Crippen LogP contribution in [0.2, 0.25) is 0 Å². The molecule has 0 saturated carbocycles. The lowest BCUT2D eigenvalue weighted by Crippen LogP contribution is -2.25. The Kier molecular flexibility index (Phi) is 6.65. The average Bonchev–Trinajstić information content (AvgIpc) is 2.56. The molecule has 0 spiro atoms. The van der Waals surface area contributed by atoms with E-state index in [0.717, 1.165) is 25.9 Å². The predicted molar refractivity (Wildman–Crippen MR) is 89.0 cm³/mol. The highest BCUT2D eigenvalue weighted by molar-refractivity contribution is 5.89. The lowest BCUT2D eigenvalue weighted by atomic mass is 10.1. The van der Waals surface area contributed by atoms with Crippen LogP contribution in [0.1, 0.15) is 22.3 Å². The van der Waals surface area contributed by atoms with Crippen molar-refractivity contribution in [3.8, 4) is 0 Å². The number of aryl methyl sites for hydroxylation is 1. The average molecular weight is 297 g/mol. The standard InChI is InChI=1S/C19H23NO2/c1-20(14-8-11-17-9-4-2-5-10-17)15-16-22-19(21)18-12-6-3-7-13-18/h2-7,9-10,12-13H,8,11,14-16H2,1H3. The highest BCUT2D eigenvalue weighted by Crippen LogP contribution is 2.04. The molecular weight excluding hydrogens is 274 g/mol. The molecule has 0 amide bonds. The van der Waals surface area contributed by atoms with Crippen LogP contribution in [0.5, 0.6) is 0 Å². The molecule has 3 heteroatoms. The van der Waals surface area contributed by atoms with E-state index in [0.29, 0.717) is 12.2 Å². The topological polar surface area (TPSA) is 29.5 Å². The minimum Gasteiger partial charge on any atom is -0.461 e. The summed E-state index contributed by atoms with van der Waals surface area (Å²) in [5, 5.41) is 0. The number of likely N-dealkylation sites (N-methyl/N-ethyl adjacent to an activating group) is 1. The summed E-state index contributed by atoms with van der Waals surface area (Å²) in [6, 6.07) is 19.6. The van der Waals surface area contributed by atoms with E-state index < -0.39 is 0 Å². The molecule has 3 nitrogen and oxygen atoms in total. The van der Waals surface area contributed by atoms with Gasteiger partial charge in [-0.25, -0.2) is 4.79 Å². The van der Waals surface area contributed by atoms with Gasteiger partial charge in [0.2, 0.25) is 0 Å². The molecule has 0 heterocycles. The van der Waals surface area contributed by atoms with Crippen LogP contribution in [-0.2, 0) is 11.2 Å². The maximum atomic E-state index is 11.8. The second-order valence-electron chi connectivity index (χ2n) is 5.39. The summed E-state index contributed by atoms with van der Waals surface area (Å²) in [5.74, 6) is -0.252. The van der Waals surface area contributed by atoms with Crippen LogP contribution < -0.4 is 0 Å². The first-order valence-electron chi connectivity index (χ1n) is 7.70. The van der Waals surface area contributed by atoms with Gasteiger partial charge in [-0.1, -0.05) is 48.5 Å². The molecule has 0 radical (unpaired) electrons. The normalized spacial score (nSPS) is 10.6. The van der Waals surface area contributed by atoms with Gasteiger partial charge in [0.1, 0.15) is 6.61 Å². The number of benzene rings is 2. The number of rotatable bonds is 8. The third-order valence-electron chi connectivity index (χ3n) is 3.56. The van der Waals surface area contributed by atoms with Gasteiger partial charge in [-0.2, -0.15) is 0 Å². The summed E-state index contributed by atoms with van der Waals surface area (Å²) in [6.07, 6.45) is 2.18. The third kappa shape index (κ3) is 5.70. The quantitative estimate of drug-likeness (QED) is 0.699. The zero-order valence-corrected chi connectivity index (χ0v) is 13.1. The summed E-state index contributed by atoms with van der Waals surface area (Å²) in [5.41, 5.74) is 1.97. The van der Waals surface area contributed by atoms with Crippen LogP contribution in [0.3, 0.4) is 0 Å². The van der Waals surface area contributed by atoms with Crippen molar-refractivity contribution in [3.05, 3.63) is 71.8 Å². The Bertz CT molecular complexity index is 554. The molecule has 0 saturated heterocycles. The fraction of sp³-hybridized carbons (Fsp3) is 0.316. The Balaban J connectivity index is 1.60. The Morgan fingerprint density at radius 1 is 0.955 bits per heavy atom. The molecule has 0 fully saturated rings. The Morgan fingerprint density at radius 3 is 2.27 bits per heavy atom. The molecule has 0 unspecified atom stereocenters. The fourth-order valence-electron chi connectivity index (χ4n) is 2.26. The highest BCUT2D eigenvalue weighted by Gasteiger charge is 2.06. The van der Waals surface area contributed by atoms with Gasteiger partial charge in [-0.15, -0.1) is 0 Å². The van der Waals surface area contributed by atoms with Crippen LogP contribution in [0, 0.1) is 0 Å². The number of hydrogen-bond acceptors (Lipinski definition) is 3. The Labute approximate surface area is 132 Å². The van der Waals surface area contributed by atoms with E-state index in [9.17, 15) is 4.79 Å². The van der Waals surface area contributed by atoms with Crippen molar-refractivity contribution in [2.24, 2.45) is 0 Å². The van der Waals surface area contributed by atoms with Gasteiger partial charge in [0, 0.05) is 6.54 Å². The maximum Gasteiger partial charge on any atom is 0.338 e. The molecule has 0 aliphatic carbocycles. The number of hydrogen-bond donors (Lipinski definition) is 0. The van der Waals surface area contributed by atoms with E-state index in [1.54, 1.807) is 12.1 Å². The highest BCUT2D eigenvalue weighted by atomic mass is 16.5. The lowest BCUT2D eigenvalue weighted by molar-refractivity contribution is 0.0473. The fourth-order valence-corrected chi connectivity index (χ4v) is 2.26. The lowest BCUT2D eigenvalue weighted by Gasteiger charge is -2.16. The minimum atomic E-state index is -0.252. The molecule has 2 rings (SSSR count). The summed E-state index contributed by atoms with van der Waals surface area (Å²) in [7, 11) is 2.06. The van der Waals surface area contributed by atoms with Crippen LogP contribution in [0.15, 0.2) is 60.7 Å². The first kappa shape index (κ1) is 16.2. The van der Waals surface area contributed by atoms with Crippen molar-refractivity contribution < 1.29 is 9.53 Å². The third-order valence-corrected chi connectivity index (χ3v) is 3.56. The van der Waals surface area contributed by atoms with Crippen molar-refractivity contribution in [1.82, 2.24) is 4.90 Å². The molecule has 0 bridgehead atoms. The van der Waals surface area contributed by atoms with E-state index in [1.807, 2.05) is 24.3 Å². The van der Waals surface area contributed by atoms with Gasteiger partial charge in [0.15, 0.2) is 0 Å². The Hall–Kier alpha value is -2.13. The Morgan fingerprint density at radius 2 is 1.59 bits per heavy atom. The summed E-state index contributed by atoms with van der Waals surface area (Å²) in [4.78, 5) is 14.0. The van der Waals surface area contributed by atoms with Gasteiger partial charge in [0.25, 0.3) is 0 Å². The second-order valence-corrected chi connectivity index (χ2v) is 5.39. The van der Waals surface area contributed by atoms with Gasteiger partial charge in [-0.05, 0) is 44.1 Å². The number of carbonyl (C=O) groups is 1. The maximum absolute atomic E-state index is 11.8. The molecule has 0 atom stereocenters. The number of esters is 1. The van der Waals surface area contributed by atoms with Gasteiger partial charge < -0.3 is 9.64 Å². The first-order valence-corrected chi connectivity index (χ1v) is 7.70. The van der Waals surface area contributed by atoms with E-state index in [-0.39, 0.29) is 5.97 Å². The number of ether oxygens (including phenoxy) is 1. The molecule has 22 heavy (non-hydrogen) atoms. The van der Waals surface area contributed by atoms with Crippen molar-refractivity contribution in [2.75, 3.05) is 26.7 Å². The number of carbonyl (C=O) groups excluding carboxylic acids is 1. The van der Waals surface area contributed by atoms with Gasteiger partial charge in [-0.3, -0.25) is 0 Å². The van der Waals surface area contributed by atoms with Crippen molar-refractivity contribution in [1.29, 1.82) is 0 Å². The number of nitrogens with zero attached hydrogens (tertiary/aromatic N) is 1. The van der Waals surface area contributed by atoms with Crippen LogP contribution >= 0.6 is 0 Å². The molecule has 0 N–H and O–H groups in total. The zero-order valence-electron chi connectivity index (χ0n) is 13.1. The monoisotopic (exact) mass is 297 g/mol. The molecule has 0 aromatic heterocycles. The molecule has 2 aromatic rings. The molecule has 2 aromatic carbocycles. The van der Waals surface area contributed by atoms with Crippen LogP contribution in [-0.4, -0.2) is 37.6 Å². The summed E-state index contributed by atoms with van der Waals surface area (Å²) < 4.78 is 5.28. The zero-order chi connectivity index (χ0) is 15.6. The molecular formula is C19H23NO2. The minimum absolute atomic E-state index is 0.252. The first-order chi connectivity index (χ1) is 10.8. The predicted octanol–water partition coefficient (Wildman–Crippen LogP) is 3.41. The van der Waals surface area contributed by atoms with Crippen molar-refractivity contribution >= 4 is 5.97 Å². The largest absolute Gasteiger partial charge is 0.461 e. The summed E-state index contributed by atoms with van der Waals surface area (Å²) in [6.45, 7) is 2.18. The van der Waals surface area contributed by atoms with Crippen LogP contribution in [0.25, 0.3) is 0 Å². The smallest absolute Gasteiger partial charge is 0.338 e. The SMILES string of the molecule is CN(CCCc1ccccc1)CCOC(=O)c1ccccc1. The van der Waals surface area contributed by atoms with E-state index in [1.165, 1.54) is 5.56 Å². The molecule has 0 aliphatic rings. The molecule has 0 aliphatic heterocycles.